The Morgan fingerprint density at radius 2 is 2.04 bits per heavy atom. The molecule has 1 aliphatic rings. The Bertz CT molecular complexity index is 768. The highest BCUT2D eigenvalue weighted by molar-refractivity contribution is 5.79. The van der Waals surface area contributed by atoms with Crippen LogP contribution < -0.4 is 0 Å². The molecule has 2 atom stereocenters. The van der Waals surface area contributed by atoms with Crippen LogP contribution in [0.1, 0.15) is 36.3 Å². The van der Waals surface area contributed by atoms with Crippen molar-refractivity contribution in [2.24, 2.45) is 5.92 Å². The summed E-state index contributed by atoms with van der Waals surface area (Å²) in [6.07, 6.45) is 1.15. The molecular weight excluding hydrogens is 308 g/mol. The zero-order valence-corrected chi connectivity index (χ0v) is 13.8. The number of nitro benzene ring substituents is 1. The lowest BCUT2D eigenvalue weighted by molar-refractivity contribution is -0.385. The summed E-state index contributed by atoms with van der Waals surface area (Å²) < 4.78 is 5.81. The number of para-hydroxylation sites is 1. The first-order valence-electron chi connectivity index (χ1n) is 8.00. The van der Waals surface area contributed by atoms with Crippen molar-refractivity contribution in [3.8, 4) is 0 Å². The Hall–Kier alpha value is -2.63. The number of likely N-dealkylation sites (N-methyl/N-ethyl adjacent to an activating group) is 1. The van der Waals surface area contributed by atoms with E-state index in [-0.39, 0.29) is 18.0 Å². The fraction of sp³-hybridized carbons (Fsp3) is 0.389. The van der Waals surface area contributed by atoms with Gasteiger partial charge in [-0.1, -0.05) is 25.1 Å². The first-order valence-corrected chi connectivity index (χ1v) is 8.00. The van der Waals surface area contributed by atoms with Crippen LogP contribution in [0.4, 0.5) is 5.69 Å². The highest BCUT2D eigenvalue weighted by Crippen LogP contribution is 2.47. The lowest BCUT2D eigenvalue weighted by atomic mass is 10.1. The molecule has 1 fully saturated rings. The van der Waals surface area contributed by atoms with Crippen molar-refractivity contribution >= 4 is 11.6 Å². The Balaban J connectivity index is 1.63. The molecule has 1 saturated carbocycles. The van der Waals surface area contributed by atoms with Crippen LogP contribution in [-0.2, 0) is 17.8 Å². The van der Waals surface area contributed by atoms with Crippen LogP contribution in [0.5, 0.6) is 0 Å². The summed E-state index contributed by atoms with van der Waals surface area (Å²) in [6.45, 7) is 2.55. The van der Waals surface area contributed by atoms with Crippen LogP contribution in [0.15, 0.2) is 40.8 Å². The number of nitrogens with zero attached hydrogens (tertiary/aromatic N) is 2. The maximum Gasteiger partial charge on any atom is 0.273 e. The summed E-state index contributed by atoms with van der Waals surface area (Å²) in [7, 11) is 1.68. The molecule has 1 amide bonds. The predicted molar refractivity (Wildman–Crippen MR) is 88.5 cm³/mol. The quantitative estimate of drug-likeness (QED) is 0.600. The van der Waals surface area contributed by atoms with Crippen molar-refractivity contribution in [1.29, 1.82) is 0 Å². The average molecular weight is 328 g/mol. The van der Waals surface area contributed by atoms with E-state index in [0.717, 1.165) is 17.9 Å². The molecule has 0 saturated heterocycles. The molecule has 2 aromatic rings. The summed E-state index contributed by atoms with van der Waals surface area (Å²) in [6, 6.07) is 10.2. The van der Waals surface area contributed by atoms with E-state index >= 15 is 0 Å². The van der Waals surface area contributed by atoms with Gasteiger partial charge in [0.1, 0.15) is 11.5 Å². The van der Waals surface area contributed by atoms with Gasteiger partial charge in [-0.15, -0.1) is 0 Å². The third-order valence-corrected chi connectivity index (χ3v) is 4.51. The van der Waals surface area contributed by atoms with Crippen molar-refractivity contribution in [2.45, 2.75) is 32.2 Å². The van der Waals surface area contributed by atoms with Crippen LogP contribution in [0.25, 0.3) is 0 Å². The smallest absolute Gasteiger partial charge is 0.273 e. The lowest BCUT2D eigenvalue weighted by Crippen LogP contribution is -2.27. The first kappa shape index (κ1) is 16.2. The van der Waals surface area contributed by atoms with Gasteiger partial charge in [0.05, 0.1) is 17.9 Å². The fourth-order valence-electron chi connectivity index (χ4n) is 2.86. The molecule has 3 rings (SSSR count). The molecule has 6 heteroatoms. The van der Waals surface area contributed by atoms with E-state index in [0.29, 0.717) is 23.9 Å². The Kier molecular flexibility index (Phi) is 4.38. The summed E-state index contributed by atoms with van der Waals surface area (Å²) in [5, 5.41) is 11.0. The zero-order valence-electron chi connectivity index (χ0n) is 13.8. The molecule has 0 unspecified atom stereocenters. The summed E-state index contributed by atoms with van der Waals surface area (Å²) in [5.74, 6) is 2.72. The van der Waals surface area contributed by atoms with E-state index in [4.69, 9.17) is 4.42 Å². The van der Waals surface area contributed by atoms with E-state index in [1.807, 2.05) is 12.1 Å². The topological polar surface area (TPSA) is 76.6 Å². The van der Waals surface area contributed by atoms with Gasteiger partial charge in [-0.05, 0) is 24.5 Å². The van der Waals surface area contributed by atoms with Crippen LogP contribution in [0, 0.1) is 16.0 Å². The minimum Gasteiger partial charge on any atom is -0.464 e. The van der Waals surface area contributed by atoms with Gasteiger partial charge in [-0.2, -0.15) is 0 Å². The van der Waals surface area contributed by atoms with E-state index in [9.17, 15) is 14.9 Å². The predicted octanol–water partition coefficient (Wildman–Crippen LogP) is 3.51. The molecule has 0 aliphatic heterocycles. The van der Waals surface area contributed by atoms with Crippen LogP contribution >= 0.6 is 0 Å². The lowest BCUT2D eigenvalue weighted by Gasteiger charge is -2.15. The molecule has 24 heavy (non-hydrogen) atoms. The van der Waals surface area contributed by atoms with Gasteiger partial charge in [0.15, 0.2) is 0 Å². The number of amides is 1. The van der Waals surface area contributed by atoms with Gasteiger partial charge in [-0.25, -0.2) is 0 Å². The first-order chi connectivity index (χ1) is 11.5. The summed E-state index contributed by atoms with van der Waals surface area (Å²) in [4.78, 5) is 24.5. The number of hydrogen-bond acceptors (Lipinski definition) is 4. The average Bonchev–Trinajstić information content (AvgIpc) is 3.09. The molecule has 1 heterocycles. The van der Waals surface area contributed by atoms with E-state index in [2.05, 4.69) is 6.92 Å². The second kappa shape index (κ2) is 6.47. The fourth-order valence-corrected chi connectivity index (χ4v) is 2.86. The maximum absolute atomic E-state index is 12.4. The Labute approximate surface area is 140 Å². The minimum atomic E-state index is -0.460. The number of rotatable bonds is 6. The van der Waals surface area contributed by atoms with Crippen molar-refractivity contribution in [3.05, 3.63) is 63.6 Å². The van der Waals surface area contributed by atoms with Gasteiger partial charge in [0.25, 0.3) is 5.69 Å². The summed E-state index contributed by atoms with van der Waals surface area (Å²) >= 11 is 0. The number of benzene rings is 1. The standard InChI is InChI=1S/C18H20N2O4/c1-12-9-15(12)17-8-7-14(24-17)11-19(2)18(21)10-13-5-3-4-6-16(13)20(22)23/h3-8,12,15H,9-11H2,1-2H3/t12-,15+/m0/s1. The van der Waals surface area contributed by atoms with Crippen molar-refractivity contribution < 1.29 is 14.1 Å². The molecule has 0 spiro atoms. The monoisotopic (exact) mass is 328 g/mol. The van der Waals surface area contributed by atoms with Crippen molar-refractivity contribution in [1.82, 2.24) is 4.90 Å². The van der Waals surface area contributed by atoms with Gasteiger partial charge in [-0.3, -0.25) is 14.9 Å². The van der Waals surface area contributed by atoms with Crippen molar-refractivity contribution in [2.75, 3.05) is 7.05 Å². The zero-order chi connectivity index (χ0) is 17.3. The second-order valence-electron chi connectivity index (χ2n) is 6.44. The number of furan rings is 1. The molecule has 1 aromatic heterocycles. The summed E-state index contributed by atoms with van der Waals surface area (Å²) in [5.41, 5.74) is 0.397. The Morgan fingerprint density at radius 1 is 1.33 bits per heavy atom. The third-order valence-electron chi connectivity index (χ3n) is 4.51. The molecule has 126 valence electrons. The van der Waals surface area contributed by atoms with Gasteiger partial charge >= 0.3 is 0 Å². The molecular formula is C18H20N2O4. The van der Waals surface area contributed by atoms with Crippen LogP contribution in [0.2, 0.25) is 0 Å². The van der Waals surface area contributed by atoms with Gasteiger partial charge in [0.2, 0.25) is 5.91 Å². The molecule has 0 radical (unpaired) electrons. The van der Waals surface area contributed by atoms with Gasteiger partial charge < -0.3 is 9.32 Å². The van der Waals surface area contributed by atoms with Crippen LogP contribution in [0.3, 0.4) is 0 Å². The second-order valence-corrected chi connectivity index (χ2v) is 6.44. The van der Waals surface area contributed by atoms with Crippen molar-refractivity contribution in [3.63, 3.8) is 0 Å². The highest BCUT2D eigenvalue weighted by atomic mass is 16.6. The minimum absolute atomic E-state index is 0.000871. The van der Waals surface area contributed by atoms with Crippen LogP contribution in [-0.4, -0.2) is 22.8 Å². The largest absolute Gasteiger partial charge is 0.464 e. The molecule has 0 bridgehead atoms. The highest BCUT2D eigenvalue weighted by Gasteiger charge is 2.36. The number of nitro groups is 1. The Morgan fingerprint density at radius 3 is 2.71 bits per heavy atom. The molecule has 6 nitrogen and oxygen atoms in total. The van der Waals surface area contributed by atoms with E-state index in [1.54, 1.807) is 25.2 Å². The normalized spacial score (nSPS) is 19.1. The number of carbonyl (C=O) groups excluding carboxylic acids is 1. The molecule has 1 aromatic carbocycles. The number of hydrogen-bond donors (Lipinski definition) is 0. The molecule has 1 aliphatic carbocycles. The third kappa shape index (κ3) is 3.48. The van der Waals surface area contributed by atoms with Gasteiger partial charge in [0, 0.05) is 24.6 Å². The van der Waals surface area contributed by atoms with E-state index < -0.39 is 4.92 Å². The molecule has 0 N–H and O–H groups in total. The van der Waals surface area contributed by atoms with E-state index in [1.165, 1.54) is 11.0 Å². The maximum atomic E-state index is 12.4. The number of carbonyl (C=O) groups is 1. The SMILES string of the molecule is C[C@H]1C[C@H]1c1ccc(CN(C)C(=O)Cc2ccccc2[N+](=O)[O-])o1.